The topological polar surface area (TPSA) is 97.4 Å². The van der Waals surface area contributed by atoms with Gasteiger partial charge in [0.05, 0.1) is 23.8 Å². The Bertz CT molecular complexity index is 1060. The molecule has 9 heteroatoms. The molecule has 0 unspecified atom stereocenters. The van der Waals surface area contributed by atoms with Gasteiger partial charge in [0, 0.05) is 33.1 Å². The van der Waals surface area contributed by atoms with Crippen molar-refractivity contribution >= 4 is 16.8 Å². The van der Waals surface area contributed by atoms with Crippen LogP contribution in [0.15, 0.2) is 33.8 Å². The molecular formula is C19H22N6O3. The molecule has 0 aliphatic carbocycles. The van der Waals surface area contributed by atoms with E-state index in [4.69, 9.17) is 4.52 Å². The zero-order chi connectivity index (χ0) is 19.7. The second kappa shape index (κ2) is 7.51. The number of rotatable bonds is 4. The van der Waals surface area contributed by atoms with Gasteiger partial charge >= 0.3 is 0 Å². The Kier molecular flexibility index (Phi) is 4.91. The zero-order valence-corrected chi connectivity index (χ0v) is 16.0. The van der Waals surface area contributed by atoms with Gasteiger partial charge in [-0.1, -0.05) is 17.3 Å². The molecule has 0 spiro atoms. The van der Waals surface area contributed by atoms with Crippen LogP contribution in [0.2, 0.25) is 0 Å². The smallest absolute Gasteiger partial charge is 0.261 e. The summed E-state index contributed by atoms with van der Waals surface area (Å²) in [6.07, 6.45) is 1.46. The van der Waals surface area contributed by atoms with E-state index in [0.717, 1.165) is 18.7 Å². The van der Waals surface area contributed by atoms with Crippen LogP contribution >= 0.6 is 0 Å². The number of carbonyl (C=O) groups excluding carboxylic acids is 1. The van der Waals surface area contributed by atoms with E-state index in [1.54, 1.807) is 17.9 Å². The molecule has 1 aliphatic heterocycles. The van der Waals surface area contributed by atoms with E-state index in [2.05, 4.69) is 20.0 Å². The van der Waals surface area contributed by atoms with Crippen molar-refractivity contribution in [3.63, 3.8) is 0 Å². The summed E-state index contributed by atoms with van der Waals surface area (Å²) in [6, 6.07) is 5.49. The highest BCUT2D eigenvalue weighted by Crippen LogP contribution is 2.12. The van der Waals surface area contributed by atoms with Crippen LogP contribution in [-0.4, -0.2) is 61.6 Å². The minimum Gasteiger partial charge on any atom is -0.340 e. The number of amides is 1. The largest absolute Gasteiger partial charge is 0.340 e. The lowest BCUT2D eigenvalue weighted by atomic mass is 10.1. The summed E-state index contributed by atoms with van der Waals surface area (Å²) < 4.78 is 6.38. The Morgan fingerprint density at radius 1 is 1.18 bits per heavy atom. The third-order valence-electron chi connectivity index (χ3n) is 5.02. The van der Waals surface area contributed by atoms with Crippen LogP contribution in [0.1, 0.15) is 17.3 Å². The van der Waals surface area contributed by atoms with Crippen molar-refractivity contribution in [3.8, 4) is 0 Å². The van der Waals surface area contributed by atoms with E-state index >= 15 is 0 Å². The number of fused-ring (bicyclic) bond motifs is 1. The third-order valence-corrected chi connectivity index (χ3v) is 5.02. The molecule has 3 aromatic rings. The third kappa shape index (κ3) is 3.65. The number of benzene rings is 1. The van der Waals surface area contributed by atoms with Gasteiger partial charge in [-0.2, -0.15) is 4.98 Å². The molecule has 2 aromatic heterocycles. The molecule has 1 fully saturated rings. The van der Waals surface area contributed by atoms with Gasteiger partial charge in [0.15, 0.2) is 5.82 Å². The van der Waals surface area contributed by atoms with Crippen LogP contribution in [0.25, 0.3) is 10.9 Å². The average Bonchev–Trinajstić information content (AvgIpc) is 3.10. The van der Waals surface area contributed by atoms with Crippen LogP contribution in [0.4, 0.5) is 0 Å². The van der Waals surface area contributed by atoms with Crippen LogP contribution in [0.5, 0.6) is 0 Å². The average molecular weight is 382 g/mol. The lowest BCUT2D eigenvalue weighted by Crippen LogP contribution is -2.49. The summed E-state index contributed by atoms with van der Waals surface area (Å²) in [5.41, 5.74) is 1.44. The van der Waals surface area contributed by atoms with Gasteiger partial charge < -0.3 is 9.42 Å². The molecule has 146 valence electrons. The molecule has 0 N–H and O–H groups in total. The molecule has 28 heavy (non-hydrogen) atoms. The van der Waals surface area contributed by atoms with Crippen molar-refractivity contribution in [2.75, 3.05) is 26.2 Å². The number of hydrogen-bond donors (Lipinski definition) is 0. The van der Waals surface area contributed by atoms with Crippen molar-refractivity contribution in [1.29, 1.82) is 0 Å². The maximum atomic E-state index is 12.7. The number of aromatic nitrogens is 4. The van der Waals surface area contributed by atoms with E-state index in [0.29, 0.717) is 42.3 Å². The van der Waals surface area contributed by atoms with E-state index in [1.807, 2.05) is 19.1 Å². The Morgan fingerprint density at radius 3 is 2.68 bits per heavy atom. The standard InChI is InChI=1S/C19H22N6O3/c1-13-4-3-5-15-18(13)20-12-25(19(15)27)11-17(26)24-8-6-23(7-9-24)10-16-21-14(2)28-22-16/h3-5,12H,6-11H2,1-2H3. The number of piperazine rings is 1. The molecule has 0 saturated carbocycles. The molecule has 1 saturated heterocycles. The number of para-hydroxylation sites is 1. The Balaban J connectivity index is 1.39. The number of nitrogens with zero attached hydrogens (tertiary/aromatic N) is 6. The highest BCUT2D eigenvalue weighted by atomic mass is 16.5. The van der Waals surface area contributed by atoms with E-state index in [-0.39, 0.29) is 18.0 Å². The summed E-state index contributed by atoms with van der Waals surface area (Å²) in [6.45, 7) is 6.94. The molecule has 1 aliphatic rings. The molecule has 1 amide bonds. The monoisotopic (exact) mass is 382 g/mol. The SMILES string of the molecule is Cc1nc(CN2CCN(C(=O)Cn3cnc4c(C)cccc4c3=O)CC2)no1. The quantitative estimate of drug-likeness (QED) is 0.656. The molecule has 3 heterocycles. The molecule has 1 aromatic carbocycles. The fourth-order valence-corrected chi connectivity index (χ4v) is 3.46. The normalized spacial score (nSPS) is 15.3. The summed E-state index contributed by atoms with van der Waals surface area (Å²) in [7, 11) is 0. The molecule has 0 bridgehead atoms. The fraction of sp³-hybridized carbons (Fsp3) is 0.421. The first-order valence-corrected chi connectivity index (χ1v) is 9.25. The minimum atomic E-state index is -0.187. The molecule has 4 rings (SSSR count). The van der Waals surface area contributed by atoms with E-state index in [1.165, 1.54) is 10.9 Å². The van der Waals surface area contributed by atoms with Gasteiger partial charge in [0.25, 0.3) is 5.56 Å². The summed E-state index contributed by atoms with van der Waals surface area (Å²) >= 11 is 0. The predicted octanol–water partition coefficient (Wildman–Crippen LogP) is 0.741. The number of hydrogen-bond acceptors (Lipinski definition) is 7. The van der Waals surface area contributed by atoms with Crippen LogP contribution in [0.3, 0.4) is 0 Å². The first-order chi connectivity index (χ1) is 13.5. The maximum absolute atomic E-state index is 12.7. The Hall–Kier alpha value is -3.07. The zero-order valence-electron chi connectivity index (χ0n) is 16.0. The van der Waals surface area contributed by atoms with Gasteiger partial charge in [-0.05, 0) is 18.6 Å². The van der Waals surface area contributed by atoms with Gasteiger partial charge in [0.2, 0.25) is 11.8 Å². The lowest BCUT2D eigenvalue weighted by Gasteiger charge is -2.34. The fourth-order valence-electron chi connectivity index (χ4n) is 3.46. The first-order valence-electron chi connectivity index (χ1n) is 9.25. The van der Waals surface area contributed by atoms with Gasteiger partial charge in [-0.3, -0.25) is 19.1 Å². The van der Waals surface area contributed by atoms with Crippen molar-refractivity contribution in [1.82, 2.24) is 29.5 Å². The highest BCUT2D eigenvalue weighted by Gasteiger charge is 2.23. The minimum absolute atomic E-state index is 0.000246. The van der Waals surface area contributed by atoms with Crippen LogP contribution in [0, 0.1) is 13.8 Å². The molecular weight excluding hydrogens is 360 g/mol. The van der Waals surface area contributed by atoms with E-state index in [9.17, 15) is 9.59 Å². The summed E-state index contributed by atoms with van der Waals surface area (Å²) in [4.78, 5) is 37.9. The second-order valence-corrected chi connectivity index (χ2v) is 7.04. The Labute approximate surface area is 161 Å². The summed E-state index contributed by atoms with van der Waals surface area (Å²) in [5, 5.41) is 4.44. The maximum Gasteiger partial charge on any atom is 0.261 e. The van der Waals surface area contributed by atoms with Crippen LogP contribution < -0.4 is 5.56 Å². The second-order valence-electron chi connectivity index (χ2n) is 7.04. The summed E-state index contributed by atoms with van der Waals surface area (Å²) in [5.74, 6) is 1.13. The van der Waals surface area contributed by atoms with Crippen LogP contribution in [-0.2, 0) is 17.9 Å². The van der Waals surface area contributed by atoms with Gasteiger partial charge in [-0.15, -0.1) is 0 Å². The first kappa shape index (κ1) is 18.3. The van der Waals surface area contributed by atoms with Gasteiger partial charge in [-0.25, -0.2) is 4.98 Å². The van der Waals surface area contributed by atoms with Crippen molar-refractivity contribution < 1.29 is 9.32 Å². The Morgan fingerprint density at radius 2 is 1.96 bits per heavy atom. The molecule has 0 atom stereocenters. The van der Waals surface area contributed by atoms with Crippen molar-refractivity contribution in [3.05, 3.63) is 52.2 Å². The lowest BCUT2D eigenvalue weighted by molar-refractivity contribution is -0.133. The van der Waals surface area contributed by atoms with Crippen molar-refractivity contribution in [2.45, 2.75) is 26.9 Å². The van der Waals surface area contributed by atoms with E-state index < -0.39 is 0 Å². The number of carbonyl (C=O) groups is 1. The molecule has 9 nitrogen and oxygen atoms in total. The highest BCUT2D eigenvalue weighted by molar-refractivity contribution is 5.81. The molecule has 0 radical (unpaired) electrons. The number of aryl methyl sites for hydroxylation is 2. The van der Waals surface area contributed by atoms with Crippen molar-refractivity contribution in [2.24, 2.45) is 0 Å². The van der Waals surface area contributed by atoms with Gasteiger partial charge in [0.1, 0.15) is 6.54 Å². The predicted molar refractivity (Wildman–Crippen MR) is 102 cm³/mol.